The minimum Gasteiger partial charge on any atom is -0.374 e. The van der Waals surface area contributed by atoms with Gasteiger partial charge in [-0.15, -0.1) is 0 Å². The highest BCUT2D eigenvalue weighted by molar-refractivity contribution is 5.83. The lowest BCUT2D eigenvalue weighted by molar-refractivity contribution is 0.126. The molecule has 3 heteroatoms. The van der Waals surface area contributed by atoms with Crippen LogP contribution in [0.2, 0.25) is 0 Å². The van der Waals surface area contributed by atoms with Crippen LogP contribution in [0.1, 0.15) is 16.8 Å². The first-order valence-electron chi connectivity index (χ1n) is 10.7. The van der Waals surface area contributed by atoms with Gasteiger partial charge in [-0.3, -0.25) is 0 Å². The Morgan fingerprint density at radius 2 is 1.06 bits per heavy atom. The van der Waals surface area contributed by atoms with Gasteiger partial charge in [0.2, 0.25) is 0 Å². The Labute approximate surface area is 186 Å². The normalized spacial score (nSPS) is 16.4. The third kappa shape index (κ3) is 2.72. The van der Waals surface area contributed by atoms with Crippen molar-refractivity contribution in [1.29, 1.82) is 0 Å². The molecule has 0 saturated carbocycles. The molecule has 0 fully saturated rings. The van der Waals surface area contributed by atoms with Gasteiger partial charge in [0.15, 0.2) is 11.4 Å². The first-order chi connectivity index (χ1) is 15.8. The van der Waals surface area contributed by atoms with Gasteiger partial charge in [-0.05, 0) is 16.7 Å². The molecule has 1 heterocycles. The Morgan fingerprint density at radius 3 is 1.75 bits per heavy atom. The molecule has 0 radical (unpaired) electrons. The fourth-order valence-electron chi connectivity index (χ4n) is 4.68. The zero-order valence-electron chi connectivity index (χ0n) is 17.3. The third-order valence-corrected chi connectivity index (χ3v) is 6.17. The highest BCUT2D eigenvalue weighted by atomic mass is 16.3. The number of aromatic nitrogens is 2. The Balaban J connectivity index is 1.65. The molecule has 1 aliphatic carbocycles. The van der Waals surface area contributed by atoms with Crippen molar-refractivity contribution in [3.05, 3.63) is 132 Å². The number of rotatable bonds is 3. The Hall–Kier alpha value is -4.08. The van der Waals surface area contributed by atoms with Crippen LogP contribution in [-0.4, -0.2) is 15.1 Å². The molecule has 32 heavy (non-hydrogen) atoms. The molecular formula is C29H20N2O. The van der Waals surface area contributed by atoms with Crippen molar-refractivity contribution in [1.82, 2.24) is 9.97 Å². The van der Waals surface area contributed by atoms with Gasteiger partial charge in [-0.1, -0.05) is 109 Å². The monoisotopic (exact) mass is 412 g/mol. The van der Waals surface area contributed by atoms with Gasteiger partial charge in [0.05, 0.1) is 5.69 Å². The first kappa shape index (κ1) is 18.7. The second-order valence-electron chi connectivity index (χ2n) is 7.99. The van der Waals surface area contributed by atoms with E-state index >= 15 is 0 Å². The molecule has 0 amide bonds. The number of benzene rings is 4. The van der Waals surface area contributed by atoms with E-state index in [2.05, 4.69) is 23.2 Å². The number of hydrogen-bond acceptors (Lipinski definition) is 3. The molecule has 1 aliphatic rings. The zero-order valence-corrected chi connectivity index (χ0v) is 17.3. The maximum absolute atomic E-state index is 12.5. The SMILES string of the molecule is OC1(c2ccccc2-c2ccccc2)c2ccccc2-c2cnc(-c3ccccc3)nc21. The highest BCUT2D eigenvalue weighted by Gasteiger charge is 2.46. The van der Waals surface area contributed by atoms with E-state index in [4.69, 9.17) is 4.98 Å². The number of fused-ring (bicyclic) bond motifs is 3. The minimum absolute atomic E-state index is 0.604. The average molecular weight is 412 g/mol. The van der Waals surface area contributed by atoms with Crippen LogP contribution in [0.4, 0.5) is 0 Å². The smallest absolute Gasteiger partial charge is 0.159 e. The largest absolute Gasteiger partial charge is 0.374 e. The molecule has 3 nitrogen and oxygen atoms in total. The van der Waals surface area contributed by atoms with Gasteiger partial charge in [0.25, 0.3) is 0 Å². The summed E-state index contributed by atoms with van der Waals surface area (Å²) in [5, 5.41) is 12.5. The highest BCUT2D eigenvalue weighted by Crippen LogP contribution is 2.51. The Bertz CT molecular complexity index is 1430. The van der Waals surface area contributed by atoms with Gasteiger partial charge in [0, 0.05) is 28.5 Å². The molecule has 0 saturated heterocycles. The quantitative estimate of drug-likeness (QED) is 0.391. The van der Waals surface area contributed by atoms with Crippen LogP contribution in [-0.2, 0) is 5.60 Å². The van der Waals surface area contributed by atoms with Crippen LogP contribution >= 0.6 is 0 Å². The molecular weight excluding hydrogens is 392 g/mol. The molecule has 1 atom stereocenters. The summed E-state index contributed by atoms with van der Waals surface area (Å²) in [6, 6.07) is 36.1. The summed E-state index contributed by atoms with van der Waals surface area (Å²) >= 11 is 0. The van der Waals surface area contributed by atoms with Crippen molar-refractivity contribution in [3.63, 3.8) is 0 Å². The van der Waals surface area contributed by atoms with Gasteiger partial charge in [0.1, 0.15) is 0 Å². The molecule has 1 unspecified atom stereocenters. The summed E-state index contributed by atoms with van der Waals surface area (Å²) in [5.74, 6) is 0.604. The van der Waals surface area contributed by atoms with Crippen LogP contribution in [0.25, 0.3) is 33.6 Å². The predicted molar refractivity (Wildman–Crippen MR) is 127 cm³/mol. The molecule has 1 N–H and O–H groups in total. The Kier molecular flexibility index (Phi) is 4.23. The predicted octanol–water partition coefficient (Wildman–Crippen LogP) is 6.08. The molecule has 6 rings (SSSR count). The van der Waals surface area contributed by atoms with Crippen molar-refractivity contribution < 1.29 is 5.11 Å². The van der Waals surface area contributed by atoms with E-state index in [1.54, 1.807) is 0 Å². The molecule has 1 aromatic heterocycles. The number of nitrogens with zero attached hydrogens (tertiary/aromatic N) is 2. The summed E-state index contributed by atoms with van der Waals surface area (Å²) in [6.45, 7) is 0. The lowest BCUT2D eigenvalue weighted by atomic mass is 9.82. The van der Waals surface area contributed by atoms with E-state index in [0.717, 1.165) is 38.9 Å². The fourth-order valence-corrected chi connectivity index (χ4v) is 4.68. The lowest BCUT2D eigenvalue weighted by Crippen LogP contribution is -2.28. The van der Waals surface area contributed by atoms with Crippen LogP contribution < -0.4 is 0 Å². The second-order valence-corrected chi connectivity index (χ2v) is 7.99. The first-order valence-corrected chi connectivity index (χ1v) is 10.7. The van der Waals surface area contributed by atoms with E-state index in [1.165, 1.54) is 0 Å². The molecule has 0 spiro atoms. The second kappa shape index (κ2) is 7.26. The average Bonchev–Trinajstić information content (AvgIpc) is 3.14. The molecule has 0 bridgehead atoms. The summed E-state index contributed by atoms with van der Waals surface area (Å²) in [4.78, 5) is 9.58. The van der Waals surface area contributed by atoms with Crippen LogP contribution in [0.5, 0.6) is 0 Å². The van der Waals surface area contributed by atoms with Crippen molar-refractivity contribution in [2.45, 2.75) is 5.60 Å². The molecule has 5 aromatic rings. The van der Waals surface area contributed by atoms with Gasteiger partial charge < -0.3 is 5.11 Å². The minimum atomic E-state index is -1.38. The van der Waals surface area contributed by atoms with Gasteiger partial charge >= 0.3 is 0 Å². The molecule has 4 aromatic carbocycles. The summed E-state index contributed by atoms with van der Waals surface area (Å²) in [5.41, 5.74) is 5.68. The van der Waals surface area contributed by atoms with Crippen molar-refractivity contribution in [3.8, 4) is 33.6 Å². The summed E-state index contributed by atoms with van der Waals surface area (Å²) < 4.78 is 0. The lowest BCUT2D eigenvalue weighted by Gasteiger charge is -2.28. The summed E-state index contributed by atoms with van der Waals surface area (Å²) in [6.07, 6.45) is 1.84. The van der Waals surface area contributed by atoms with Crippen LogP contribution in [0, 0.1) is 0 Å². The maximum atomic E-state index is 12.5. The Morgan fingerprint density at radius 1 is 0.531 bits per heavy atom. The maximum Gasteiger partial charge on any atom is 0.159 e. The standard InChI is InChI=1S/C29H20N2O/c32-29(25-17-9-7-15-22(25)20-11-3-1-4-12-20)26-18-10-8-16-23(26)24-19-30-28(31-27(24)29)21-13-5-2-6-14-21/h1-19,32H. The van der Waals surface area contributed by atoms with Crippen LogP contribution in [0.3, 0.4) is 0 Å². The summed E-state index contributed by atoms with van der Waals surface area (Å²) in [7, 11) is 0. The number of aliphatic hydroxyl groups is 1. The van der Waals surface area contributed by atoms with E-state index in [-0.39, 0.29) is 0 Å². The topological polar surface area (TPSA) is 46.0 Å². The third-order valence-electron chi connectivity index (χ3n) is 6.17. The van der Waals surface area contributed by atoms with Crippen LogP contribution in [0.15, 0.2) is 115 Å². The fraction of sp³-hybridized carbons (Fsp3) is 0.0345. The van der Waals surface area contributed by atoms with E-state index in [9.17, 15) is 5.11 Å². The van der Waals surface area contributed by atoms with Crippen molar-refractivity contribution >= 4 is 0 Å². The van der Waals surface area contributed by atoms with Gasteiger partial charge in [-0.25, -0.2) is 9.97 Å². The van der Waals surface area contributed by atoms with E-state index in [0.29, 0.717) is 11.5 Å². The van der Waals surface area contributed by atoms with E-state index in [1.807, 2.05) is 97.2 Å². The zero-order chi connectivity index (χ0) is 21.5. The van der Waals surface area contributed by atoms with Crippen molar-refractivity contribution in [2.24, 2.45) is 0 Å². The molecule has 0 aliphatic heterocycles. The molecule has 152 valence electrons. The van der Waals surface area contributed by atoms with E-state index < -0.39 is 5.60 Å². The van der Waals surface area contributed by atoms with Gasteiger partial charge in [-0.2, -0.15) is 0 Å². The number of hydrogen-bond donors (Lipinski definition) is 1. The van der Waals surface area contributed by atoms with Crippen molar-refractivity contribution in [2.75, 3.05) is 0 Å².